The van der Waals surface area contributed by atoms with Crippen molar-refractivity contribution >= 4 is 5.82 Å². The lowest BCUT2D eigenvalue weighted by Crippen LogP contribution is -2.21. The van der Waals surface area contributed by atoms with Crippen molar-refractivity contribution in [2.45, 2.75) is 20.4 Å². The van der Waals surface area contributed by atoms with Gasteiger partial charge in [-0.2, -0.15) is 5.10 Å². The molecule has 0 amide bonds. The van der Waals surface area contributed by atoms with Gasteiger partial charge < -0.3 is 5.73 Å². The van der Waals surface area contributed by atoms with Crippen molar-refractivity contribution < 1.29 is 0 Å². The van der Waals surface area contributed by atoms with Gasteiger partial charge in [0.2, 0.25) is 0 Å². The molecule has 2 rings (SSSR count). The Kier molecular flexibility index (Phi) is 3.99. The molecule has 0 aliphatic carbocycles. The zero-order valence-electron chi connectivity index (χ0n) is 11.0. The van der Waals surface area contributed by atoms with Crippen LogP contribution >= 0.6 is 0 Å². The Balaban J connectivity index is 2.10. The minimum absolute atomic E-state index is 0.525. The van der Waals surface area contributed by atoms with Crippen molar-refractivity contribution in [2.75, 3.05) is 18.8 Å². The van der Waals surface area contributed by atoms with Gasteiger partial charge in [0.1, 0.15) is 5.82 Å². The number of nitrogens with two attached hydrogens (primary N) is 1. The van der Waals surface area contributed by atoms with Crippen LogP contribution in [0.4, 0.5) is 5.82 Å². The monoisotopic (exact) mass is 244 g/mol. The lowest BCUT2D eigenvalue weighted by molar-refractivity contribution is 0.296. The summed E-state index contributed by atoms with van der Waals surface area (Å²) in [5.41, 5.74) is 9.00. The molecule has 0 atom stereocenters. The molecule has 4 heteroatoms. The van der Waals surface area contributed by atoms with E-state index >= 15 is 0 Å². The van der Waals surface area contributed by atoms with E-state index in [4.69, 9.17) is 5.73 Å². The Hall–Kier alpha value is -1.81. The molecular formula is C14H20N4. The summed E-state index contributed by atoms with van der Waals surface area (Å²) in [5.74, 6) is 0.525. The summed E-state index contributed by atoms with van der Waals surface area (Å²) in [7, 11) is 0. The average molecular weight is 244 g/mol. The number of H-pyrrole nitrogens is 1. The molecule has 0 fully saturated rings. The van der Waals surface area contributed by atoms with E-state index < -0.39 is 0 Å². The molecule has 0 aliphatic heterocycles. The third-order valence-corrected chi connectivity index (χ3v) is 3.16. The molecule has 4 nitrogen and oxygen atoms in total. The first-order valence-electron chi connectivity index (χ1n) is 6.35. The standard InChI is InChI=1S/C14H20N4/c1-3-18(4-2)10-11-5-7-12(8-6-11)13-9-14(15)17-16-13/h5-9H,3-4,10H2,1-2H3,(H3,15,16,17). The van der Waals surface area contributed by atoms with E-state index in [1.54, 1.807) is 0 Å². The predicted octanol–water partition coefficient (Wildman–Crippen LogP) is 2.50. The quantitative estimate of drug-likeness (QED) is 0.849. The third-order valence-electron chi connectivity index (χ3n) is 3.16. The van der Waals surface area contributed by atoms with Crippen molar-refractivity contribution in [3.63, 3.8) is 0 Å². The maximum atomic E-state index is 5.60. The van der Waals surface area contributed by atoms with Crippen LogP contribution < -0.4 is 5.73 Å². The number of hydrogen-bond acceptors (Lipinski definition) is 3. The van der Waals surface area contributed by atoms with Gasteiger partial charge in [-0.05, 0) is 24.2 Å². The summed E-state index contributed by atoms with van der Waals surface area (Å²) in [6, 6.07) is 10.4. The molecule has 1 aromatic carbocycles. The first kappa shape index (κ1) is 12.6. The van der Waals surface area contributed by atoms with Crippen LogP contribution in [0.15, 0.2) is 30.3 Å². The minimum Gasteiger partial charge on any atom is -0.382 e. The van der Waals surface area contributed by atoms with Crippen LogP contribution in [-0.2, 0) is 6.54 Å². The van der Waals surface area contributed by atoms with Crippen molar-refractivity contribution in [1.82, 2.24) is 15.1 Å². The number of benzene rings is 1. The Morgan fingerprint density at radius 1 is 1.17 bits per heavy atom. The van der Waals surface area contributed by atoms with Crippen LogP contribution in [0.25, 0.3) is 11.3 Å². The van der Waals surface area contributed by atoms with Crippen molar-refractivity contribution in [2.24, 2.45) is 0 Å². The molecule has 0 saturated heterocycles. The van der Waals surface area contributed by atoms with Gasteiger partial charge in [0.15, 0.2) is 0 Å². The predicted molar refractivity (Wildman–Crippen MR) is 75.1 cm³/mol. The van der Waals surface area contributed by atoms with Gasteiger partial charge in [-0.3, -0.25) is 10.00 Å². The molecule has 96 valence electrons. The summed E-state index contributed by atoms with van der Waals surface area (Å²) in [4.78, 5) is 2.39. The van der Waals surface area contributed by atoms with E-state index in [-0.39, 0.29) is 0 Å². The largest absolute Gasteiger partial charge is 0.382 e. The molecule has 0 spiro atoms. The molecule has 2 aromatic rings. The number of hydrogen-bond donors (Lipinski definition) is 2. The molecule has 0 aliphatic rings. The van der Waals surface area contributed by atoms with E-state index in [9.17, 15) is 0 Å². The number of nitrogens with zero attached hydrogens (tertiary/aromatic N) is 2. The molecule has 0 saturated carbocycles. The molecular weight excluding hydrogens is 224 g/mol. The summed E-state index contributed by atoms with van der Waals surface area (Å²) in [6.07, 6.45) is 0. The van der Waals surface area contributed by atoms with Gasteiger partial charge in [0.25, 0.3) is 0 Å². The van der Waals surface area contributed by atoms with E-state index in [1.807, 2.05) is 6.07 Å². The van der Waals surface area contributed by atoms with Gasteiger partial charge in [-0.1, -0.05) is 38.1 Å². The smallest absolute Gasteiger partial charge is 0.145 e. The summed E-state index contributed by atoms with van der Waals surface area (Å²) in [6.45, 7) is 7.53. The number of nitrogen functional groups attached to an aromatic ring is 1. The zero-order chi connectivity index (χ0) is 13.0. The summed E-state index contributed by atoms with van der Waals surface area (Å²) >= 11 is 0. The van der Waals surface area contributed by atoms with Gasteiger partial charge in [0.05, 0.1) is 5.69 Å². The highest BCUT2D eigenvalue weighted by molar-refractivity contribution is 5.62. The molecule has 0 radical (unpaired) electrons. The first-order chi connectivity index (χ1) is 8.72. The molecule has 3 N–H and O–H groups in total. The van der Waals surface area contributed by atoms with Crippen LogP contribution in [0.2, 0.25) is 0 Å². The topological polar surface area (TPSA) is 57.9 Å². The van der Waals surface area contributed by atoms with Crippen molar-refractivity contribution in [3.8, 4) is 11.3 Å². The second-order valence-corrected chi connectivity index (χ2v) is 4.36. The number of aromatic nitrogens is 2. The second-order valence-electron chi connectivity index (χ2n) is 4.36. The molecule has 18 heavy (non-hydrogen) atoms. The lowest BCUT2D eigenvalue weighted by Gasteiger charge is -2.17. The van der Waals surface area contributed by atoms with E-state index in [0.717, 1.165) is 30.9 Å². The molecule has 0 bridgehead atoms. The average Bonchev–Trinajstić information content (AvgIpc) is 2.83. The maximum Gasteiger partial charge on any atom is 0.145 e. The number of aromatic amines is 1. The Labute approximate surface area is 108 Å². The van der Waals surface area contributed by atoms with Crippen LogP contribution in [0.1, 0.15) is 19.4 Å². The Bertz CT molecular complexity index is 483. The highest BCUT2D eigenvalue weighted by atomic mass is 15.2. The van der Waals surface area contributed by atoms with Gasteiger partial charge >= 0.3 is 0 Å². The molecule has 0 unspecified atom stereocenters. The van der Waals surface area contributed by atoms with E-state index in [2.05, 4.69) is 53.2 Å². The van der Waals surface area contributed by atoms with E-state index in [1.165, 1.54) is 5.56 Å². The van der Waals surface area contributed by atoms with Crippen molar-refractivity contribution in [3.05, 3.63) is 35.9 Å². The number of anilines is 1. The third kappa shape index (κ3) is 2.90. The van der Waals surface area contributed by atoms with Crippen LogP contribution in [0.3, 0.4) is 0 Å². The zero-order valence-corrected chi connectivity index (χ0v) is 11.0. The number of rotatable bonds is 5. The lowest BCUT2D eigenvalue weighted by atomic mass is 10.1. The second kappa shape index (κ2) is 5.69. The van der Waals surface area contributed by atoms with Gasteiger partial charge in [-0.25, -0.2) is 0 Å². The fraction of sp³-hybridized carbons (Fsp3) is 0.357. The highest BCUT2D eigenvalue weighted by Crippen LogP contribution is 2.19. The SMILES string of the molecule is CCN(CC)Cc1ccc(-c2cc(N)n[nH]2)cc1. The molecule has 1 aromatic heterocycles. The number of nitrogens with one attached hydrogen (secondary N) is 1. The normalized spacial score (nSPS) is 11.1. The van der Waals surface area contributed by atoms with Crippen LogP contribution in [0, 0.1) is 0 Å². The maximum absolute atomic E-state index is 5.60. The highest BCUT2D eigenvalue weighted by Gasteiger charge is 2.03. The van der Waals surface area contributed by atoms with Crippen LogP contribution in [0.5, 0.6) is 0 Å². The summed E-state index contributed by atoms with van der Waals surface area (Å²) < 4.78 is 0. The molecule has 1 heterocycles. The fourth-order valence-corrected chi connectivity index (χ4v) is 1.98. The Morgan fingerprint density at radius 3 is 2.33 bits per heavy atom. The van der Waals surface area contributed by atoms with E-state index in [0.29, 0.717) is 5.82 Å². The van der Waals surface area contributed by atoms with Crippen LogP contribution in [-0.4, -0.2) is 28.2 Å². The summed E-state index contributed by atoms with van der Waals surface area (Å²) in [5, 5.41) is 6.85. The Morgan fingerprint density at radius 2 is 1.83 bits per heavy atom. The van der Waals surface area contributed by atoms with Crippen molar-refractivity contribution in [1.29, 1.82) is 0 Å². The van der Waals surface area contributed by atoms with Gasteiger partial charge in [-0.15, -0.1) is 0 Å². The fourth-order valence-electron chi connectivity index (χ4n) is 1.98. The first-order valence-corrected chi connectivity index (χ1v) is 6.35. The van der Waals surface area contributed by atoms with Gasteiger partial charge in [0, 0.05) is 12.6 Å². The minimum atomic E-state index is 0.525.